The minimum Gasteiger partial charge on any atom is -0.466 e. The number of aromatic amines is 1. The average molecular weight is 653 g/mol. The highest BCUT2D eigenvalue weighted by atomic mass is 32.2. The zero-order valence-corrected chi connectivity index (χ0v) is 29.8. The van der Waals surface area contributed by atoms with Crippen molar-refractivity contribution in [2.75, 3.05) is 19.5 Å². The SMILES string of the molecule is CC.CC.CC(=O)OCCCOCc1nc2c(oc3ccccc32)c(=O)[nH]1.CCCC([C@@H](C)CC)n1c(SC)nc2ccccc21. The molecule has 0 aliphatic carbocycles. The molecule has 0 saturated carbocycles. The lowest BCUT2D eigenvalue weighted by Crippen LogP contribution is -2.17. The number of hydrogen-bond acceptors (Lipinski definition) is 8. The van der Waals surface area contributed by atoms with Gasteiger partial charge in [-0.15, -0.1) is 0 Å². The van der Waals surface area contributed by atoms with Gasteiger partial charge in [0.25, 0.3) is 5.56 Å². The quantitative estimate of drug-likeness (QED) is 0.0806. The van der Waals surface area contributed by atoms with Crippen LogP contribution in [0.1, 0.15) is 92.9 Å². The van der Waals surface area contributed by atoms with E-state index in [1.165, 1.54) is 31.7 Å². The number of benzene rings is 2. The van der Waals surface area contributed by atoms with Crippen LogP contribution < -0.4 is 5.56 Å². The first kappa shape index (κ1) is 38.6. The number of nitrogens with one attached hydrogen (secondary N) is 1. The van der Waals surface area contributed by atoms with Gasteiger partial charge < -0.3 is 23.4 Å². The van der Waals surface area contributed by atoms with E-state index in [-0.39, 0.29) is 23.7 Å². The van der Waals surface area contributed by atoms with Crippen LogP contribution >= 0.6 is 11.8 Å². The van der Waals surface area contributed by atoms with Crippen LogP contribution in [0.2, 0.25) is 0 Å². The molecule has 0 aliphatic heterocycles. The Balaban J connectivity index is 0.000000293. The molecule has 0 saturated heterocycles. The molecule has 0 spiro atoms. The number of furan rings is 1. The number of nitrogens with zero attached hydrogens (tertiary/aromatic N) is 3. The molecule has 3 heterocycles. The number of carbonyl (C=O) groups excluding carboxylic acids is 1. The van der Waals surface area contributed by atoms with E-state index < -0.39 is 0 Å². The Bertz CT molecular complexity index is 1680. The van der Waals surface area contributed by atoms with E-state index >= 15 is 0 Å². The number of ether oxygens (including phenoxy) is 2. The number of thioether (sulfide) groups is 1. The van der Waals surface area contributed by atoms with Crippen molar-refractivity contribution in [3.63, 3.8) is 0 Å². The van der Waals surface area contributed by atoms with Gasteiger partial charge in [-0.2, -0.15) is 0 Å². The van der Waals surface area contributed by atoms with E-state index in [1.54, 1.807) is 17.8 Å². The Kier molecular flexibility index (Phi) is 17.2. The second kappa shape index (κ2) is 20.5. The first-order valence-corrected chi connectivity index (χ1v) is 17.7. The molecule has 46 heavy (non-hydrogen) atoms. The lowest BCUT2D eigenvalue weighted by molar-refractivity contribution is -0.141. The van der Waals surface area contributed by atoms with Gasteiger partial charge in [-0.1, -0.05) is 97.3 Å². The Morgan fingerprint density at radius 3 is 2.39 bits per heavy atom. The number of esters is 1. The first-order chi connectivity index (χ1) is 22.4. The van der Waals surface area contributed by atoms with E-state index in [9.17, 15) is 9.59 Å². The maximum absolute atomic E-state index is 12.1. The molecule has 5 aromatic rings. The molecule has 0 amide bonds. The van der Waals surface area contributed by atoms with Crippen LogP contribution in [-0.2, 0) is 20.9 Å². The van der Waals surface area contributed by atoms with Gasteiger partial charge in [-0.25, -0.2) is 9.97 Å². The number of imidazole rings is 1. The lowest BCUT2D eigenvalue weighted by Gasteiger charge is -2.26. The van der Waals surface area contributed by atoms with Crippen LogP contribution in [0.5, 0.6) is 0 Å². The molecule has 2 aromatic carbocycles. The van der Waals surface area contributed by atoms with Gasteiger partial charge in [0.15, 0.2) is 5.16 Å². The number of hydrogen-bond donors (Lipinski definition) is 1. The molecule has 0 aliphatic rings. The minimum atomic E-state index is -0.329. The van der Waals surface area contributed by atoms with Crippen molar-refractivity contribution in [2.45, 2.75) is 98.9 Å². The normalized spacial score (nSPS) is 11.9. The summed E-state index contributed by atoms with van der Waals surface area (Å²) in [6.45, 7) is 17.2. The number of para-hydroxylation sites is 3. The first-order valence-electron chi connectivity index (χ1n) is 16.5. The van der Waals surface area contributed by atoms with E-state index in [4.69, 9.17) is 18.9 Å². The molecular weight excluding hydrogens is 600 g/mol. The van der Waals surface area contributed by atoms with Gasteiger partial charge in [0, 0.05) is 24.8 Å². The van der Waals surface area contributed by atoms with E-state index in [0.29, 0.717) is 48.5 Å². The van der Waals surface area contributed by atoms with Crippen LogP contribution in [0.15, 0.2) is 62.9 Å². The largest absolute Gasteiger partial charge is 0.466 e. The zero-order valence-electron chi connectivity index (χ0n) is 29.0. The van der Waals surface area contributed by atoms with Crippen molar-refractivity contribution in [3.05, 3.63) is 64.7 Å². The molecule has 1 N–H and O–H groups in total. The monoisotopic (exact) mass is 652 g/mol. The van der Waals surface area contributed by atoms with Crippen LogP contribution in [0.4, 0.5) is 0 Å². The van der Waals surface area contributed by atoms with Gasteiger partial charge in [-0.05, 0) is 42.9 Å². The zero-order chi connectivity index (χ0) is 34.1. The summed E-state index contributed by atoms with van der Waals surface area (Å²) in [5.74, 6) is 0.804. The van der Waals surface area contributed by atoms with E-state index in [2.05, 4.69) is 65.8 Å². The maximum atomic E-state index is 12.1. The van der Waals surface area contributed by atoms with Crippen LogP contribution in [0.3, 0.4) is 0 Å². The van der Waals surface area contributed by atoms with Crippen LogP contribution in [0.25, 0.3) is 33.1 Å². The maximum Gasteiger partial charge on any atom is 0.302 e. The van der Waals surface area contributed by atoms with Crippen molar-refractivity contribution in [3.8, 4) is 0 Å². The fourth-order valence-corrected chi connectivity index (χ4v) is 5.60. The summed E-state index contributed by atoms with van der Waals surface area (Å²) >= 11 is 1.76. The number of H-pyrrole nitrogens is 1. The molecule has 0 bridgehead atoms. The van der Waals surface area contributed by atoms with Gasteiger partial charge in [0.1, 0.15) is 23.5 Å². The highest BCUT2D eigenvalue weighted by Crippen LogP contribution is 2.34. The number of aromatic nitrogens is 4. The number of carbonyl (C=O) groups is 1. The van der Waals surface area contributed by atoms with Gasteiger partial charge in [-0.3, -0.25) is 9.59 Å². The summed E-state index contributed by atoms with van der Waals surface area (Å²) in [7, 11) is 0. The predicted octanol–water partition coefficient (Wildman–Crippen LogP) is 9.34. The standard InChI is InChI=1S/C16H16N2O5.C16H24N2S.2C2H6/c1-10(19)22-8-4-7-21-9-13-17-14-11-5-2-3-6-12(11)23-15(14)16(20)18-13;1-5-9-14(12(3)6-2)18-15-11-8-7-10-13(15)17-16(18)19-4;2*1-2/h2-3,5-6H,4,7-9H2,1H3,(H,17,18,20);7-8,10-12,14H,5-6,9H2,1-4H3;2*1-2H3/t;12-,14?;;/m.0../s1. The summed E-state index contributed by atoms with van der Waals surface area (Å²) in [5.41, 5.74) is 3.44. The number of fused-ring (bicyclic) bond motifs is 4. The van der Waals surface area contributed by atoms with Crippen molar-refractivity contribution in [2.24, 2.45) is 5.92 Å². The predicted molar refractivity (Wildman–Crippen MR) is 191 cm³/mol. The topological polar surface area (TPSA) is 112 Å². The Hall–Kier alpha value is -3.63. The Morgan fingerprint density at radius 1 is 1.02 bits per heavy atom. The summed E-state index contributed by atoms with van der Waals surface area (Å²) in [6.07, 6.45) is 6.36. The summed E-state index contributed by atoms with van der Waals surface area (Å²) < 4.78 is 18.2. The molecule has 0 fully saturated rings. The fourth-order valence-electron chi connectivity index (χ4n) is 4.98. The van der Waals surface area contributed by atoms with Crippen molar-refractivity contribution < 1.29 is 18.7 Å². The average Bonchev–Trinajstić information content (AvgIpc) is 3.66. The molecule has 2 atom stereocenters. The number of rotatable bonds is 12. The Labute approximate surface area is 277 Å². The van der Waals surface area contributed by atoms with Gasteiger partial charge >= 0.3 is 5.97 Å². The fraction of sp³-hybridized carbons (Fsp3) is 0.500. The summed E-state index contributed by atoms with van der Waals surface area (Å²) in [5, 5.41) is 1.95. The van der Waals surface area contributed by atoms with Crippen molar-refractivity contribution >= 4 is 50.8 Å². The highest BCUT2D eigenvalue weighted by Gasteiger charge is 2.22. The van der Waals surface area contributed by atoms with Crippen molar-refractivity contribution in [1.82, 2.24) is 19.5 Å². The minimum absolute atomic E-state index is 0.171. The third kappa shape index (κ3) is 10.2. The van der Waals surface area contributed by atoms with Crippen LogP contribution in [-0.4, -0.2) is 45.0 Å². The molecule has 10 heteroatoms. The van der Waals surface area contributed by atoms with Crippen molar-refractivity contribution in [1.29, 1.82) is 0 Å². The molecule has 1 unspecified atom stereocenters. The summed E-state index contributed by atoms with van der Waals surface area (Å²) in [4.78, 5) is 34.5. The summed E-state index contributed by atoms with van der Waals surface area (Å²) in [6, 6.07) is 16.4. The molecule has 0 radical (unpaired) electrons. The highest BCUT2D eigenvalue weighted by molar-refractivity contribution is 7.98. The molecule has 252 valence electrons. The molecule has 3 aromatic heterocycles. The molecule has 5 rings (SSSR count). The third-order valence-corrected chi connectivity index (χ3v) is 7.87. The second-order valence-electron chi connectivity index (χ2n) is 10.2. The van der Waals surface area contributed by atoms with E-state index in [1.807, 2.05) is 45.9 Å². The molecule has 9 nitrogen and oxygen atoms in total. The lowest BCUT2D eigenvalue weighted by atomic mass is 9.95. The van der Waals surface area contributed by atoms with Gasteiger partial charge in [0.2, 0.25) is 5.58 Å². The van der Waals surface area contributed by atoms with E-state index in [0.717, 1.165) is 16.1 Å². The van der Waals surface area contributed by atoms with Crippen LogP contribution in [0, 0.1) is 5.92 Å². The smallest absolute Gasteiger partial charge is 0.302 e. The molecular formula is C36H52N4O5S. The Morgan fingerprint density at radius 2 is 1.72 bits per heavy atom. The second-order valence-corrected chi connectivity index (χ2v) is 11.0. The van der Waals surface area contributed by atoms with Gasteiger partial charge in [0.05, 0.1) is 24.2 Å². The third-order valence-electron chi connectivity index (χ3n) is 7.22.